The summed E-state index contributed by atoms with van der Waals surface area (Å²) in [6.07, 6.45) is 4.80. The molecule has 2 aromatic rings. The van der Waals surface area contributed by atoms with Gasteiger partial charge >= 0.3 is 29.6 Å². The molecule has 0 radical (unpaired) electrons. The van der Waals surface area contributed by atoms with Crippen molar-refractivity contribution in [2.75, 3.05) is 43.6 Å². The Hall–Kier alpha value is -1.43. The standard InChI is InChI=1S/C13H17NO3S.C8H9FO4S.C5H11NO2S.Na/c1-10-3-4-11(9-15)13(7-10)14-6-5-12(8-14)18(2,16)17;1-5-2-3-6(7(9)4-5)8(10)14(11,12)13;1-9(7,8)5-2-3-6-4-5;/h3-4,7,9,12H,5-6,8H2,1-2H3;2-4,8,10H,1H3,(H,11,12,13);5-6H,2-4H2,1H3;/q;;;+1/p-1. The molecule has 2 aliphatic rings. The van der Waals surface area contributed by atoms with E-state index in [4.69, 9.17) is 5.11 Å². The number of anilines is 1. The quantitative estimate of drug-likeness (QED) is 0.210. The molecule has 2 aliphatic heterocycles. The summed E-state index contributed by atoms with van der Waals surface area (Å²) in [5.74, 6) is -0.906. The van der Waals surface area contributed by atoms with E-state index in [1.807, 2.05) is 24.0 Å². The molecule has 42 heavy (non-hydrogen) atoms. The topological polar surface area (TPSA) is 178 Å². The van der Waals surface area contributed by atoms with Crippen molar-refractivity contribution < 1.29 is 73.7 Å². The van der Waals surface area contributed by atoms with Crippen LogP contribution in [-0.2, 0) is 29.8 Å². The number of hydrogen-bond donors (Lipinski definition) is 2. The van der Waals surface area contributed by atoms with E-state index in [-0.39, 0.29) is 40.1 Å². The van der Waals surface area contributed by atoms with Gasteiger partial charge < -0.3 is 19.9 Å². The van der Waals surface area contributed by atoms with Gasteiger partial charge in [0.1, 0.15) is 15.9 Å². The van der Waals surface area contributed by atoms with Crippen molar-refractivity contribution in [2.24, 2.45) is 0 Å². The molecule has 2 N–H and O–H groups in total. The van der Waals surface area contributed by atoms with Crippen molar-refractivity contribution >= 4 is 41.8 Å². The molecular weight excluding hydrogens is 622 g/mol. The second kappa shape index (κ2) is 16.0. The summed E-state index contributed by atoms with van der Waals surface area (Å²) in [4.78, 5) is 13.0. The Morgan fingerprint density at radius 3 is 1.98 bits per heavy atom. The minimum atomic E-state index is -4.93. The first-order valence-electron chi connectivity index (χ1n) is 12.6. The minimum Gasteiger partial charge on any atom is -0.746 e. The molecule has 0 bridgehead atoms. The number of aliphatic hydroxyl groups is 1. The van der Waals surface area contributed by atoms with Crippen LogP contribution in [0.1, 0.15) is 45.3 Å². The SMILES string of the molecule is CS(=O)(=O)C1CCNC1.Cc1ccc(C(O)S(=O)(=O)[O-])c(F)c1.Cc1ccc(C=O)c(N2CCC(S(C)(=O)=O)C2)c1.[Na+]. The van der Waals surface area contributed by atoms with Gasteiger partial charge in [-0.2, -0.15) is 0 Å². The third-order valence-electron chi connectivity index (χ3n) is 6.72. The van der Waals surface area contributed by atoms with Gasteiger partial charge in [0.2, 0.25) is 0 Å². The molecular formula is C26H36FN2NaO9S3. The summed E-state index contributed by atoms with van der Waals surface area (Å²) in [5.41, 5.74) is 0.236. The number of sulfone groups is 2. The number of hydrogen-bond acceptors (Lipinski definition) is 11. The van der Waals surface area contributed by atoms with Crippen molar-refractivity contribution in [1.29, 1.82) is 0 Å². The van der Waals surface area contributed by atoms with E-state index in [1.165, 1.54) is 18.6 Å². The normalized spacial score (nSPS) is 19.5. The molecule has 3 unspecified atom stereocenters. The molecule has 16 heteroatoms. The molecule has 0 aromatic heterocycles. The average molecular weight is 659 g/mol. The molecule has 2 aromatic carbocycles. The van der Waals surface area contributed by atoms with Gasteiger partial charge in [0.05, 0.1) is 10.5 Å². The van der Waals surface area contributed by atoms with Crippen molar-refractivity contribution in [3.63, 3.8) is 0 Å². The molecule has 0 aliphatic carbocycles. The summed E-state index contributed by atoms with van der Waals surface area (Å²) in [6, 6.07) is 9.14. The van der Waals surface area contributed by atoms with Crippen molar-refractivity contribution in [1.82, 2.24) is 5.32 Å². The van der Waals surface area contributed by atoms with Crippen LogP contribution < -0.4 is 39.8 Å². The van der Waals surface area contributed by atoms with Gasteiger partial charge in [-0.05, 0) is 62.6 Å². The summed E-state index contributed by atoms with van der Waals surface area (Å²) in [7, 11) is -10.7. The Morgan fingerprint density at radius 2 is 1.55 bits per heavy atom. The van der Waals surface area contributed by atoms with Crippen LogP contribution in [0.5, 0.6) is 0 Å². The number of rotatable bonds is 6. The summed E-state index contributed by atoms with van der Waals surface area (Å²) in [5, 5.41) is 11.5. The van der Waals surface area contributed by atoms with E-state index in [0.29, 0.717) is 37.2 Å². The maximum Gasteiger partial charge on any atom is 1.00 e. The summed E-state index contributed by atoms with van der Waals surface area (Å²) >= 11 is 0. The van der Waals surface area contributed by atoms with E-state index in [1.54, 1.807) is 13.0 Å². The van der Waals surface area contributed by atoms with Crippen LogP contribution in [0.2, 0.25) is 0 Å². The maximum absolute atomic E-state index is 13.1. The Bertz CT molecular complexity index is 1550. The van der Waals surface area contributed by atoms with Gasteiger partial charge in [-0.15, -0.1) is 0 Å². The second-order valence-corrected chi connectivity index (χ2v) is 16.3. The Morgan fingerprint density at radius 1 is 0.976 bits per heavy atom. The van der Waals surface area contributed by atoms with E-state index < -0.39 is 46.6 Å². The molecule has 0 amide bonds. The zero-order chi connectivity index (χ0) is 31.2. The van der Waals surface area contributed by atoms with Crippen LogP contribution >= 0.6 is 0 Å². The molecule has 3 atom stereocenters. The van der Waals surface area contributed by atoms with Crippen LogP contribution in [-0.4, -0.2) is 90.4 Å². The number of halogens is 1. The molecule has 2 heterocycles. The van der Waals surface area contributed by atoms with Gasteiger partial charge in [-0.25, -0.2) is 29.6 Å². The van der Waals surface area contributed by atoms with Crippen LogP contribution in [0.3, 0.4) is 0 Å². The molecule has 11 nitrogen and oxygen atoms in total. The number of nitrogens with one attached hydrogen (secondary N) is 1. The van der Waals surface area contributed by atoms with E-state index in [2.05, 4.69) is 5.32 Å². The number of aliphatic hydroxyl groups excluding tert-OH is 1. The number of carbonyl (C=O) groups is 1. The zero-order valence-electron chi connectivity index (χ0n) is 24.3. The second-order valence-electron chi connectivity index (χ2n) is 10.2. The van der Waals surface area contributed by atoms with E-state index in [9.17, 15) is 39.0 Å². The first kappa shape index (κ1) is 38.6. The summed E-state index contributed by atoms with van der Waals surface area (Å²) in [6.45, 7) is 6.20. The molecule has 230 valence electrons. The largest absolute Gasteiger partial charge is 1.00 e. The van der Waals surface area contributed by atoms with Gasteiger partial charge in [0.15, 0.2) is 31.4 Å². The molecule has 0 spiro atoms. The molecule has 0 saturated carbocycles. The van der Waals surface area contributed by atoms with Crippen molar-refractivity contribution in [3.8, 4) is 0 Å². The van der Waals surface area contributed by atoms with Crippen molar-refractivity contribution in [3.05, 3.63) is 64.5 Å². The summed E-state index contributed by atoms with van der Waals surface area (Å²) < 4.78 is 88.9. The third kappa shape index (κ3) is 11.6. The van der Waals surface area contributed by atoms with E-state index in [0.717, 1.165) is 42.6 Å². The molecule has 2 fully saturated rings. The Kier molecular flexibility index (Phi) is 14.7. The molecule has 2 saturated heterocycles. The monoisotopic (exact) mass is 658 g/mol. The van der Waals surface area contributed by atoms with Gasteiger partial charge in [-0.1, -0.05) is 18.2 Å². The first-order valence-corrected chi connectivity index (χ1v) is 18.0. The predicted molar refractivity (Wildman–Crippen MR) is 154 cm³/mol. The van der Waals surface area contributed by atoms with Gasteiger partial charge in [0.25, 0.3) is 0 Å². The third-order valence-corrected chi connectivity index (χ3v) is 10.7. The minimum absolute atomic E-state index is 0. The average Bonchev–Trinajstić information content (AvgIpc) is 3.56. The Labute approximate surface area is 269 Å². The number of aldehydes is 1. The van der Waals surface area contributed by atoms with Crippen LogP contribution in [0.15, 0.2) is 36.4 Å². The zero-order valence-corrected chi connectivity index (χ0v) is 28.7. The first-order chi connectivity index (χ1) is 18.8. The van der Waals surface area contributed by atoms with E-state index >= 15 is 0 Å². The van der Waals surface area contributed by atoms with Crippen LogP contribution in [0, 0.1) is 19.7 Å². The fraction of sp³-hybridized carbons (Fsp3) is 0.500. The maximum atomic E-state index is 13.1. The van der Waals surface area contributed by atoms with Crippen LogP contribution in [0.4, 0.5) is 10.1 Å². The molecule has 4 rings (SSSR count). The predicted octanol–water partition coefficient (Wildman–Crippen LogP) is -1.50. The fourth-order valence-corrected chi connectivity index (χ4v) is 6.76. The number of aryl methyl sites for hydroxylation is 2. The number of benzene rings is 2. The van der Waals surface area contributed by atoms with Crippen LogP contribution in [0.25, 0.3) is 0 Å². The Balaban J connectivity index is 0.000000329. The van der Waals surface area contributed by atoms with Gasteiger partial charge in [-0.3, -0.25) is 4.79 Å². The fourth-order valence-electron chi connectivity index (χ4n) is 4.31. The van der Waals surface area contributed by atoms with Crippen molar-refractivity contribution in [2.45, 2.75) is 42.6 Å². The smallest absolute Gasteiger partial charge is 0.746 e. The number of nitrogens with zero attached hydrogens (tertiary/aromatic N) is 1. The number of carbonyl (C=O) groups excluding carboxylic acids is 1. The van der Waals surface area contributed by atoms with Gasteiger partial charge in [0, 0.05) is 49.0 Å².